The summed E-state index contributed by atoms with van der Waals surface area (Å²) in [5.74, 6) is -8.03. The van der Waals surface area contributed by atoms with Gasteiger partial charge in [0.05, 0.1) is 11.9 Å². The van der Waals surface area contributed by atoms with Crippen LogP contribution >= 0.6 is 11.6 Å². The summed E-state index contributed by atoms with van der Waals surface area (Å²) in [6.45, 7) is 1.46. The van der Waals surface area contributed by atoms with Gasteiger partial charge in [0, 0.05) is 7.05 Å². The molecule has 0 aliphatic rings. The quantitative estimate of drug-likeness (QED) is 0.549. The van der Waals surface area contributed by atoms with Gasteiger partial charge in [-0.25, -0.2) is 8.78 Å². The van der Waals surface area contributed by atoms with Crippen LogP contribution in [0.15, 0.2) is 0 Å². The molecule has 0 aromatic heterocycles. The summed E-state index contributed by atoms with van der Waals surface area (Å²) in [7, 11) is 0.872. The van der Waals surface area contributed by atoms with E-state index in [1.807, 2.05) is 0 Å². The Morgan fingerprint density at radius 2 is 1.82 bits per heavy atom. The first-order chi connectivity index (χ1) is 7.69. The number of hydrogen-bond acceptors (Lipinski definition) is 2. The number of Topliss-reactive ketones (excluding diaryl/α,β-unsaturated/α-hetero) is 1. The van der Waals surface area contributed by atoms with Crippen molar-refractivity contribution in [1.29, 1.82) is 0 Å². The number of nitrogens with zero attached hydrogens (tertiary/aromatic N) is 1. The van der Waals surface area contributed by atoms with Crippen molar-refractivity contribution in [3.05, 3.63) is 0 Å². The van der Waals surface area contributed by atoms with E-state index < -0.39 is 36.0 Å². The highest BCUT2D eigenvalue weighted by Gasteiger charge is 2.51. The number of ketones is 1. The molecule has 0 aliphatic carbocycles. The lowest BCUT2D eigenvalue weighted by Crippen LogP contribution is -2.52. The second-order valence-corrected chi connectivity index (χ2v) is 3.63. The van der Waals surface area contributed by atoms with E-state index in [4.69, 9.17) is 11.6 Å². The summed E-state index contributed by atoms with van der Waals surface area (Å²) in [6.07, 6.45) is -4.09. The van der Waals surface area contributed by atoms with Gasteiger partial charge in [-0.1, -0.05) is 6.92 Å². The van der Waals surface area contributed by atoms with Crippen LogP contribution in [-0.2, 0) is 9.59 Å². The van der Waals surface area contributed by atoms with Crippen molar-refractivity contribution in [2.75, 3.05) is 12.9 Å². The molecule has 1 unspecified atom stereocenters. The topological polar surface area (TPSA) is 37.4 Å². The number of halogens is 5. The van der Waals surface area contributed by atoms with Gasteiger partial charge in [-0.15, -0.1) is 11.6 Å². The van der Waals surface area contributed by atoms with Crippen molar-refractivity contribution in [3.8, 4) is 0 Å². The predicted octanol–water partition coefficient (Wildman–Crippen LogP) is 1.93. The van der Waals surface area contributed by atoms with E-state index in [0.717, 1.165) is 7.05 Å². The molecule has 100 valence electrons. The van der Waals surface area contributed by atoms with Gasteiger partial charge in [0.2, 0.25) is 0 Å². The number of rotatable bonds is 6. The van der Waals surface area contributed by atoms with Crippen molar-refractivity contribution < 1.29 is 27.2 Å². The van der Waals surface area contributed by atoms with Gasteiger partial charge >= 0.3 is 12.3 Å². The maximum atomic E-state index is 12.8. The van der Waals surface area contributed by atoms with Crippen LogP contribution in [0, 0.1) is 0 Å². The van der Waals surface area contributed by atoms with Crippen molar-refractivity contribution in [3.63, 3.8) is 0 Å². The SMILES string of the molecule is CCC(C(=O)CCl)N(C)C(=O)C(F)(F)C(F)F. The summed E-state index contributed by atoms with van der Waals surface area (Å²) >= 11 is 5.23. The molecule has 0 aromatic carbocycles. The van der Waals surface area contributed by atoms with Crippen LogP contribution in [0.5, 0.6) is 0 Å². The normalized spacial score (nSPS) is 13.6. The van der Waals surface area contributed by atoms with Crippen LogP contribution < -0.4 is 0 Å². The number of likely N-dealkylation sites (N-methyl/N-ethyl adjacent to an activating group) is 1. The third-order valence-corrected chi connectivity index (χ3v) is 2.50. The minimum Gasteiger partial charge on any atom is -0.330 e. The molecular weight excluding hydrogens is 266 g/mol. The van der Waals surface area contributed by atoms with Gasteiger partial charge in [0.25, 0.3) is 5.91 Å². The van der Waals surface area contributed by atoms with E-state index in [9.17, 15) is 27.2 Å². The molecule has 0 bridgehead atoms. The van der Waals surface area contributed by atoms with Crippen molar-refractivity contribution in [2.24, 2.45) is 0 Å². The highest BCUT2D eigenvalue weighted by Crippen LogP contribution is 2.26. The largest absolute Gasteiger partial charge is 0.383 e. The summed E-state index contributed by atoms with van der Waals surface area (Å²) in [5, 5.41) is 0. The Morgan fingerprint density at radius 1 is 1.35 bits per heavy atom. The molecule has 3 nitrogen and oxygen atoms in total. The Balaban J connectivity index is 4.97. The Hall–Kier alpha value is -0.850. The smallest absolute Gasteiger partial charge is 0.330 e. The Morgan fingerprint density at radius 3 is 2.12 bits per heavy atom. The standard InChI is InChI=1S/C9H12ClF4NO2/c1-3-5(6(16)4-10)15(2)8(17)9(13,14)7(11)12/h5,7H,3-4H2,1-2H3. The van der Waals surface area contributed by atoms with Crippen LogP contribution in [0.4, 0.5) is 17.6 Å². The summed E-state index contributed by atoms with van der Waals surface area (Å²) in [5.41, 5.74) is 0. The molecule has 0 rings (SSSR count). The van der Waals surface area contributed by atoms with Crippen molar-refractivity contribution >= 4 is 23.3 Å². The highest BCUT2D eigenvalue weighted by atomic mass is 35.5. The lowest BCUT2D eigenvalue weighted by molar-refractivity contribution is -0.182. The van der Waals surface area contributed by atoms with Gasteiger partial charge in [-0.2, -0.15) is 8.78 Å². The zero-order valence-corrected chi connectivity index (χ0v) is 9.98. The Bertz CT molecular complexity index is 299. The molecule has 0 aliphatic heterocycles. The first kappa shape index (κ1) is 16.1. The average Bonchev–Trinajstić information content (AvgIpc) is 2.27. The molecule has 8 heteroatoms. The van der Waals surface area contributed by atoms with Crippen LogP contribution in [0.1, 0.15) is 13.3 Å². The number of alkyl halides is 5. The van der Waals surface area contributed by atoms with Gasteiger partial charge in [-0.05, 0) is 6.42 Å². The summed E-state index contributed by atoms with van der Waals surface area (Å²) in [6, 6.07) is -1.22. The van der Waals surface area contributed by atoms with E-state index >= 15 is 0 Å². The molecule has 0 N–H and O–H groups in total. The summed E-state index contributed by atoms with van der Waals surface area (Å²) in [4.78, 5) is 22.7. The molecule has 17 heavy (non-hydrogen) atoms. The monoisotopic (exact) mass is 277 g/mol. The van der Waals surface area contributed by atoms with Crippen LogP contribution in [-0.4, -0.2) is 47.9 Å². The van der Waals surface area contributed by atoms with E-state index in [0.29, 0.717) is 4.90 Å². The minimum atomic E-state index is -4.80. The van der Waals surface area contributed by atoms with Crippen molar-refractivity contribution in [2.45, 2.75) is 31.7 Å². The zero-order valence-electron chi connectivity index (χ0n) is 9.22. The van der Waals surface area contributed by atoms with Crippen LogP contribution in [0.3, 0.4) is 0 Å². The van der Waals surface area contributed by atoms with Crippen LogP contribution in [0.25, 0.3) is 0 Å². The van der Waals surface area contributed by atoms with E-state index in [1.165, 1.54) is 6.92 Å². The molecule has 0 heterocycles. The van der Waals surface area contributed by atoms with Gasteiger partial charge < -0.3 is 4.90 Å². The molecule has 0 saturated carbocycles. The number of carbonyl (C=O) groups excluding carboxylic acids is 2. The lowest BCUT2D eigenvalue weighted by atomic mass is 10.1. The fourth-order valence-electron chi connectivity index (χ4n) is 1.28. The van der Waals surface area contributed by atoms with E-state index in [-0.39, 0.29) is 6.42 Å². The molecule has 1 amide bonds. The molecule has 0 fully saturated rings. The third kappa shape index (κ3) is 3.55. The fourth-order valence-corrected chi connectivity index (χ4v) is 1.45. The zero-order chi connectivity index (χ0) is 13.8. The molecule has 1 atom stereocenters. The van der Waals surface area contributed by atoms with Gasteiger partial charge in [-0.3, -0.25) is 9.59 Å². The number of carbonyl (C=O) groups is 2. The lowest BCUT2D eigenvalue weighted by Gasteiger charge is -2.28. The Labute approximate surface area is 101 Å². The predicted molar refractivity (Wildman–Crippen MR) is 53.5 cm³/mol. The molecule has 0 aromatic rings. The third-order valence-electron chi connectivity index (χ3n) is 2.24. The van der Waals surface area contributed by atoms with Crippen LogP contribution in [0.2, 0.25) is 0 Å². The van der Waals surface area contributed by atoms with Gasteiger partial charge in [0.15, 0.2) is 5.78 Å². The number of hydrogen-bond donors (Lipinski definition) is 0. The second kappa shape index (κ2) is 6.18. The molecule has 0 radical (unpaired) electrons. The first-order valence-corrected chi connectivity index (χ1v) is 5.25. The summed E-state index contributed by atoms with van der Waals surface area (Å²) < 4.78 is 49.5. The molecule has 0 saturated heterocycles. The molecule has 0 spiro atoms. The van der Waals surface area contributed by atoms with Gasteiger partial charge in [0.1, 0.15) is 0 Å². The highest BCUT2D eigenvalue weighted by molar-refractivity contribution is 6.28. The molecular formula is C9H12ClF4NO2. The second-order valence-electron chi connectivity index (χ2n) is 3.36. The fraction of sp³-hybridized carbons (Fsp3) is 0.778. The first-order valence-electron chi connectivity index (χ1n) is 4.72. The maximum Gasteiger partial charge on any atom is 0.383 e. The van der Waals surface area contributed by atoms with Crippen molar-refractivity contribution in [1.82, 2.24) is 4.90 Å². The van der Waals surface area contributed by atoms with E-state index in [2.05, 4.69) is 0 Å². The minimum absolute atomic E-state index is 0.0209. The maximum absolute atomic E-state index is 12.8. The van der Waals surface area contributed by atoms with E-state index in [1.54, 1.807) is 0 Å². The number of amides is 1. The Kier molecular flexibility index (Phi) is 5.87. The average molecular weight is 278 g/mol.